The van der Waals surface area contributed by atoms with Crippen LogP contribution in [0.3, 0.4) is 0 Å². The van der Waals surface area contributed by atoms with Gasteiger partial charge in [0, 0.05) is 11.0 Å². The Morgan fingerprint density at radius 3 is 2.71 bits per heavy atom. The third-order valence-corrected chi connectivity index (χ3v) is 2.68. The molecule has 5 heteroatoms. The summed E-state index contributed by atoms with van der Waals surface area (Å²) in [6.45, 7) is 4.54. The Labute approximate surface area is 100 Å². The first-order valence-corrected chi connectivity index (χ1v) is 5.80. The fourth-order valence-corrected chi connectivity index (χ4v) is 2.36. The van der Waals surface area contributed by atoms with Crippen LogP contribution in [0.4, 0.5) is 5.69 Å². The van der Waals surface area contributed by atoms with Gasteiger partial charge in [-0.2, -0.15) is 0 Å². The molecule has 1 aromatic rings. The molecular formula is C9H11Br2N3. The predicted octanol–water partition coefficient (Wildman–Crippen LogP) is 3.43. The van der Waals surface area contributed by atoms with Crippen LogP contribution in [0, 0.1) is 5.41 Å². The zero-order valence-electron chi connectivity index (χ0n) is 7.99. The molecule has 0 radical (unpaired) electrons. The Morgan fingerprint density at radius 1 is 1.57 bits per heavy atom. The molecule has 1 heterocycles. The van der Waals surface area contributed by atoms with Gasteiger partial charge in [-0.15, -0.1) is 0 Å². The molecule has 0 aliphatic carbocycles. The lowest BCUT2D eigenvalue weighted by molar-refractivity contribution is 1.15. The highest BCUT2D eigenvalue weighted by atomic mass is 79.9. The monoisotopic (exact) mass is 319 g/mol. The largest absolute Gasteiger partial charge is 0.383 e. The maximum atomic E-state index is 7.60. The van der Waals surface area contributed by atoms with Crippen LogP contribution in [0.2, 0.25) is 0 Å². The number of aromatic nitrogens is 1. The first-order valence-electron chi connectivity index (χ1n) is 4.21. The lowest BCUT2D eigenvalue weighted by Crippen LogP contribution is -2.07. The van der Waals surface area contributed by atoms with Gasteiger partial charge in [-0.3, -0.25) is 0 Å². The van der Waals surface area contributed by atoms with Gasteiger partial charge in [0.15, 0.2) is 0 Å². The summed E-state index contributed by atoms with van der Waals surface area (Å²) in [4.78, 5) is 4.25. The van der Waals surface area contributed by atoms with Crippen molar-refractivity contribution in [2.45, 2.75) is 13.8 Å². The lowest BCUT2D eigenvalue weighted by Gasteiger charge is -2.11. The van der Waals surface area contributed by atoms with Crippen LogP contribution in [0.15, 0.2) is 15.1 Å². The topological polar surface area (TPSA) is 48.8 Å². The molecule has 0 fully saturated rings. The number of halogens is 2. The van der Waals surface area contributed by atoms with Gasteiger partial charge in [-0.25, -0.2) is 4.98 Å². The Hall–Kier alpha value is -0.420. The minimum absolute atomic E-state index is 0.447. The number of nitrogens with one attached hydrogen (secondary N) is 2. The van der Waals surface area contributed by atoms with Crippen LogP contribution in [0.1, 0.15) is 19.5 Å². The molecule has 0 amide bonds. The molecule has 76 valence electrons. The quantitative estimate of drug-likeness (QED) is 0.662. The van der Waals surface area contributed by atoms with Crippen molar-refractivity contribution < 1.29 is 0 Å². The van der Waals surface area contributed by atoms with Crippen LogP contribution in [-0.2, 0) is 0 Å². The summed E-state index contributed by atoms with van der Waals surface area (Å²) in [5.41, 5.74) is 2.00. The van der Waals surface area contributed by atoms with E-state index in [4.69, 9.17) is 5.41 Å². The Balaban J connectivity index is 3.28. The first kappa shape index (κ1) is 11.7. The summed E-state index contributed by atoms with van der Waals surface area (Å²) in [5, 5.41) is 10.8. The highest BCUT2D eigenvalue weighted by Crippen LogP contribution is 2.28. The van der Waals surface area contributed by atoms with Gasteiger partial charge in [0.05, 0.1) is 11.4 Å². The van der Waals surface area contributed by atoms with Gasteiger partial charge < -0.3 is 10.7 Å². The second-order valence-corrected chi connectivity index (χ2v) is 4.47. The molecule has 0 unspecified atom stereocenters. The van der Waals surface area contributed by atoms with Crippen LogP contribution < -0.4 is 5.32 Å². The normalized spacial score (nSPS) is 10.0. The molecule has 14 heavy (non-hydrogen) atoms. The van der Waals surface area contributed by atoms with E-state index in [0.29, 0.717) is 11.4 Å². The standard InChI is InChI=1S/C9H11Br2N3/c1-3-13-9-6(10)4-7(11)14-8(9)5(2)12/h4,12-13H,3H2,1-2H3. The van der Waals surface area contributed by atoms with Crippen LogP contribution in [-0.4, -0.2) is 17.2 Å². The smallest absolute Gasteiger partial charge is 0.109 e. The second kappa shape index (κ2) is 4.89. The molecule has 2 N–H and O–H groups in total. The van der Waals surface area contributed by atoms with Gasteiger partial charge >= 0.3 is 0 Å². The van der Waals surface area contributed by atoms with Crippen LogP contribution >= 0.6 is 31.9 Å². The lowest BCUT2D eigenvalue weighted by atomic mass is 10.2. The fraction of sp³-hybridized carbons (Fsp3) is 0.333. The summed E-state index contributed by atoms with van der Waals surface area (Å²) < 4.78 is 1.65. The van der Waals surface area contributed by atoms with E-state index in [1.165, 1.54) is 0 Å². The van der Waals surface area contributed by atoms with Gasteiger partial charge in [0.2, 0.25) is 0 Å². The Bertz CT molecular complexity index is 363. The Kier molecular flexibility index (Phi) is 4.07. The first-order chi connectivity index (χ1) is 6.56. The summed E-state index contributed by atoms with van der Waals surface area (Å²) in [5.74, 6) is 0. The van der Waals surface area contributed by atoms with E-state index in [2.05, 4.69) is 42.2 Å². The zero-order valence-corrected chi connectivity index (χ0v) is 11.2. The number of rotatable bonds is 3. The van der Waals surface area contributed by atoms with Crippen molar-refractivity contribution in [1.82, 2.24) is 4.98 Å². The second-order valence-electron chi connectivity index (χ2n) is 2.81. The van der Waals surface area contributed by atoms with Crippen molar-refractivity contribution >= 4 is 43.3 Å². The van der Waals surface area contributed by atoms with Crippen molar-refractivity contribution in [3.05, 3.63) is 20.8 Å². The van der Waals surface area contributed by atoms with Crippen molar-refractivity contribution in [1.29, 1.82) is 5.41 Å². The molecule has 0 saturated carbocycles. The molecule has 0 aliphatic rings. The van der Waals surface area contributed by atoms with Crippen molar-refractivity contribution in [3.8, 4) is 0 Å². The fourth-order valence-electron chi connectivity index (χ4n) is 1.10. The predicted molar refractivity (Wildman–Crippen MR) is 66.3 cm³/mol. The van der Waals surface area contributed by atoms with E-state index in [-0.39, 0.29) is 0 Å². The highest BCUT2D eigenvalue weighted by Gasteiger charge is 2.10. The van der Waals surface area contributed by atoms with Gasteiger partial charge in [-0.1, -0.05) is 0 Å². The minimum Gasteiger partial charge on any atom is -0.383 e. The summed E-state index contributed by atoms with van der Waals surface area (Å²) in [6, 6.07) is 1.87. The van der Waals surface area contributed by atoms with Gasteiger partial charge in [-0.05, 0) is 51.8 Å². The number of pyridine rings is 1. The number of hydrogen-bond donors (Lipinski definition) is 2. The molecule has 1 rings (SSSR count). The van der Waals surface area contributed by atoms with E-state index >= 15 is 0 Å². The molecule has 0 bridgehead atoms. The van der Waals surface area contributed by atoms with E-state index in [0.717, 1.165) is 21.3 Å². The molecule has 0 aliphatic heterocycles. The van der Waals surface area contributed by atoms with Crippen molar-refractivity contribution in [3.63, 3.8) is 0 Å². The van der Waals surface area contributed by atoms with Gasteiger partial charge in [0.25, 0.3) is 0 Å². The summed E-state index contributed by atoms with van der Waals surface area (Å²) >= 11 is 6.74. The van der Waals surface area contributed by atoms with E-state index in [9.17, 15) is 0 Å². The number of hydrogen-bond acceptors (Lipinski definition) is 3. The van der Waals surface area contributed by atoms with E-state index < -0.39 is 0 Å². The van der Waals surface area contributed by atoms with E-state index in [1.54, 1.807) is 6.92 Å². The van der Waals surface area contributed by atoms with Crippen molar-refractivity contribution in [2.24, 2.45) is 0 Å². The van der Waals surface area contributed by atoms with Crippen LogP contribution in [0.5, 0.6) is 0 Å². The highest BCUT2D eigenvalue weighted by molar-refractivity contribution is 9.11. The summed E-state index contributed by atoms with van der Waals surface area (Å²) in [7, 11) is 0. The average Bonchev–Trinajstić information content (AvgIpc) is 2.09. The SMILES string of the molecule is CCNc1c(Br)cc(Br)nc1C(C)=N. The molecule has 0 aromatic carbocycles. The molecule has 3 nitrogen and oxygen atoms in total. The molecule has 0 atom stereocenters. The average molecular weight is 321 g/mol. The maximum Gasteiger partial charge on any atom is 0.109 e. The molecule has 1 aromatic heterocycles. The van der Waals surface area contributed by atoms with Crippen LogP contribution in [0.25, 0.3) is 0 Å². The Morgan fingerprint density at radius 2 is 2.21 bits per heavy atom. The molecule has 0 spiro atoms. The summed E-state index contributed by atoms with van der Waals surface area (Å²) in [6.07, 6.45) is 0. The molecular weight excluding hydrogens is 310 g/mol. The molecule has 0 saturated heterocycles. The maximum absolute atomic E-state index is 7.60. The minimum atomic E-state index is 0.447. The number of anilines is 1. The van der Waals surface area contributed by atoms with Gasteiger partial charge in [0.1, 0.15) is 10.3 Å². The third kappa shape index (κ3) is 2.54. The number of nitrogens with zero attached hydrogens (tertiary/aromatic N) is 1. The van der Waals surface area contributed by atoms with E-state index in [1.807, 2.05) is 13.0 Å². The van der Waals surface area contributed by atoms with Crippen molar-refractivity contribution in [2.75, 3.05) is 11.9 Å². The zero-order chi connectivity index (χ0) is 10.7. The third-order valence-electron chi connectivity index (χ3n) is 1.65.